The normalized spacial score (nSPS) is 12.2. The van der Waals surface area contributed by atoms with Crippen molar-refractivity contribution in [2.45, 2.75) is 12.5 Å². The highest BCUT2D eigenvalue weighted by atomic mass is 19.1. The third-order valence-electron chi connectivity index (χ3n) is 2.05. The van der Waals surface area contributed by atoms with Gasteiger partial charge in [-0.25, -0.2) is 8.78 Å². The van der Waals surface area contributed by atoms with Crippen molar-refractivity contribution < 1.29 is 23.4 Å². The van der Waals surface area contributed by atoms with Gasteiger partial charge in [-0.1, -0.05) is 0 Å². The zero-order chi connectivity index (χ0) is 12.3. The van der Waals surface area contributed by atoms with E-state index in [0.29, 0.717) is 0 Å². The number of rotatable bonds is 4. The number of hydrogen-bond acceptors (Lipinski definition) is 3. The summed E-state index contributed by atoms with van der Waals surface area (Å²) in [6, 6.07) is 0.625. The number of carboxylic acids is 1. The highest BCUT2D eigenvalue weighted by molar-refractivity contribution is 5.68. The smallest absolute Gasteiger partial charge is 0.305 e. The number of methoxy groups -OCH3 is 1. The second kappa shape index (κ2) is 4.89. The lowest BCUT2D eigenvalue weighted by Gasteiger charge is -2.13. The molecule has 1 aromatic carbocycles. The molecule has 0 heterocycles. The van der Waals surface area contributed by atoms with Gasteiger partial charge in [0.1, 0.15) is 5.82 Å². The standard InChI is InChI=1S/C10H11F2NO3/c1-16-8-3-5(11)2-6(10(8)12)7(13)4-9(14)15/h2-3,7H,4,13H2,1H3,(H,14,15). The molecule has 0 bridgehead atoms. The van der Waals surface area contributed by atoms with E-state index < -0.39 is 30.1 Å². The van der Waals surface area contributed by atoms with Gasteiger partial charge in [0, 0.05) is 17.7 Å². The summed E-state index contributed by atoms with van der Waals surface area (Å²) >= 11 is 0. The molecule has 0 aromatic heterocycles. The minimum atomic E-state index is -1.19. The molecule has 0 aliphatic heterocycles. The van der Waals surface area contributed by atoms with Crippen LogP contribution in [0.15, 0.2) is 12.1 Å². The lowest BCUT2D eigenvalue weighted by molar-refractivity contribution is -0.137. The van der Waals surface area contributed by atoms with Crippen molar-refractivity contribution in [2.75, 3.05) is 7.11 Å². The number of hydrogen-bond donors (Lipinski definition) is 2. The van der Waals surface area contributed by atoms with Gasteiger partial charge in [0.15, 0.2) is 11.6 Å². The summed E-state index contributed by atoms with van der Waals surface area (Å²) in [4.78, 5) is 10.4. The van der Waals surface area contributed by atoms with Crippen LogP contribution >= 0.6 is 0 Å². The summed E-state index contributed by atoms with van der Waals surface area (Å²) in [5.41, 5.74) is 5.24. The maximum Gasteiger partial charge on any atom is 0.305 e. The molecule has 88 valence electrons. The van der Waals surface area contributed by atoms with E-state index in [1.165, 1.54) is 7.11 Å². The van der Waals surface area contributed by atoms with Crippen molar-refractivity contribution in [3.8, 4) is 5.75 Å². The van der Waals surface area contributed by atoms with Crippen LogP contribution in [0.5, 0.6) is 5.75 Å². The van der Waals surface area contributed by atoms with Crippen LogP contribution in [-0.2, 0) is 4.79 Å². The Morgan fingerprint density at radius 3 is 2.69 bits per heavy atom. The molecule has 1 rings (SSSR count). The molecule has 4 nitrogen and oxygen atoms in total. The fourth-order valence-corrected chi connectivity index (χ4v) is 1.30. The van der Waals surface area contributed by atoms with E-state index in [1.54, 1.807) is 0 Å². The molecule has 0 saturated carbocycles. The van der Waals surface area contributed by atoms with Crippen molar-refractivity contribution in [1.82, 2.24) is 0 Å². The second-order valence-electron chi connectivity index (χ2n) is 3.22. The first-order valence-electron chi connectivity index (χ1n) is 4.46. The third kappa shape index (κ3) is 2.66. The van der Waals surface area contributed by atoms with Crippen molar-refractivity contribution >= 4 is 5.97 Å². The summed E-state index contributed by atoms with van der Waals surface area (Å²) in [5.74, 6) is -3.04. The van der Waals surface area contributed by atoms with Crippen molar-refractivity contribution in [3.05, 3.63) is 29.3 Å². The molecule has 1 atom stereocenters. The molecule has 0 spiro atoms. The number of carbonyl (C=O) groups is 1. The number of halogens is 2. The van der Waals surface area contributed by atoms with Crippen LogP contribution in [0.2, 0.25) is 0 Å². The SMILES string of the molecule is COc1cc(F)cc(C(N)CC(=O)O)c1F. The number of aliphatic carboxylic acids is 1. The van der Waals surface area contributed by atoms with Gasteiger partial charge in [-0.05, 0) is 6.07 Å². The van der Waals surface area contributed by atoms with Crippen LogP contribution in [-0.4, -0.2) is 18.2 Å². The van der Waals surface area contributed by atoms with Gasteiger partial charge in [0.25, 0.3) is 0 Å². The number of carboxylic acid groups (broad SMARTS) is 1. The average Bonchev–Trinajstić information content (AvgIpc) is 2.19. The predicted octanol–water partition coefficient (Wildman–Crippen LogP) is 1.45. The summed E-state index contributed by atoms with van der Waals surface area (Å²) in [6.45, 7) is 0. The molecule has 0 radical (unpaired) electrons. The molecular formula is C10H11F2NO3. The van der Waals surface area contributed by atoms with Crippen LogP contribution in [0.3, 0.4) is 0 Å². The van der Waals surface area contributed by atoms with Crippen LogP contribution in [0, 0.1) is 11.6 Å². The number of ether oxygens (including phenoxy) is 1. The molecular weight excluding hydrogens is 220 g/mol. The Balaban J connectivity index is 3.12. The van der Waals surface area contributed by atoms with Gasteiger partial charge in [-0.3, -0.25) is 4.79 Å². The largest absolute Gasteiger partial charge is 0.494 e. The quantitative estimate of drug-likeness (QED) is 0.822. The zero-order valence-electron chi connectivity index (χ0n) is 8.54. The molecule has 0 saturated heterocycles. The van der Waals surface area contributed by atoms with E-state index in [-0.39, 0.29) is 11.3 Å². The van der Waals surface area contributed by atoms with E-state index in [4.69, 9.17) is 10.8 Å². The second-order valence-corrected chi connectivity index (χ2v) is 3.22. The summed E-state index contributed by atoms with van der Waals surface area (Å²) < 4.78 is 31.2. The fourth-order valence-electron chi connectivity index (χ4n) is 1.30. The Labute approximate surface area is 90.6 Å². The Morgan fingerprint density at radius 1 is 1.56 bits per heavy atom. The van der Waals surface area contributed by atoms with E-state index in [0.717, 1.165) is 12.1 Å². The van der Waals surface area contributed by atoms with Crippen molar-refractivity contribution in [1.29, 1.82) is 0 Å². The number of nitrogens with two attached hydrogens (primary N) is 1. The molecule has 6 heteroatoms. The van der Waals surface area contributed by atoms with Gasteiger partial charge >= 0.3 is 5.97 Å². The third-order valence-corrected chi connectivity index (χ3v) is 2.05. The molecule has 0 fully saturated rings. The zero-order valence-corrected chi connectivity index (χ0v) is 8.54. The summed E-state index contributed by atoms with van der Waals surface area (Å²) in [6.07, 6.45) is -0.483. The van der Waals surface area contributed by atoms with Crippen LogP contribution in [0.25, 0.3) is 0 Å². The minimum Gasteiger partial charge on any atom is -0.494 e. The summed E-state index contributed by atoms with van der Waals surface area (Å²) in [5, 5.41) is 8.50. The van der Waals surface area contributed by atoms with Crippen LogP contribution < -0.4 is 10.5 Å². The number of benzene rings is 1. The first kappa shape index (κ1) is 12.4. The molecule has 16 heavy (non-hydrogen) atoms. The molecule has 3 N–H and O–H groups in total. The molecule has 0 aliphatic rings. The molecule has 0 amide bonds. The van der Waals surface area contributed by atoms with Crippen molar-refractivity contribution in [2.24, 2.45) is 5.73 Å². The van der Waals surface area contributed by atoms with Crippen LogP contribution in [0.1, 0.15) is 18.0 Å². The Hall–Kier alpha value is -1.69. The van der Waals surface area contributed by atoms with Gasteiger partial charge in [0.2, 0.25) is 0 Å². The van der Waals surface area contributed by atoms with Gasteiger partial charge in [-0.2, -0.15) is 0 Å². The first-order valence-corrected chi connectivity index (χ1v) is 4.46. The molecule has 0 aliphatic carbocycles. The topological polar surface area (TPSA) is 72.5 Å². The lowest BCUT2D eigenvalue weighted by Crippen LogP contribution is -2.17. The maximum atomic E-state index is 13.6. The van der Waals surface area contributed by atoms with Crippen LogP contribution in [0.4, 0.5) is 8.78 Å². The molecule has 1 unspecified atom stereocenters. The molecule has 1 aromatic rings. The van der Waals surface area contributed by atoms with Crippen molar-refractivity contribution in [3.63, 3.8) is 0 Å². The highest BCUT2D eigenvalue weighted by Crippen LogP contribution is 2.27. The predicted molar refractivity (Wildman–Crippen MR) is 52.1 cm³/mol. The van der Waals surface area contributed by atoms with Gasteiger partial charge < -0.3 is 15.6 Å². The van der Waals surface area contributed by atoms with E-state index in [1.807, 2.05) is 0 Å². The van der Waals surface area contributed by atoms with E-state index >= 15 is 0 Å². The average molecular weight is 231 g/mol. The first-order chi connectivity index (χ1) is 7.45. The highest BCUT2D eigenvalue weighted by Gasteiger charge is 2.19. The van der Waals surface area contributed by atoms with Gasteiger partial charge in [0.05, 0.1) is 13.5 Å². The lowest BCUT2D eigenvalue weighted by atomic mass is 10.0. The Morgan fingerprint density at radius 2 is 2.19 bits per heavy atom. The Bertz CT molecular complexity index is 409. The van der Waals surface area contributed by atoms with E-state index in [2.05, 4.69) is 4.74 Å². The van der Waals surface area contributed by atoms with E-state index in [9.17, 15) is 13.6 Å². The maximum absolute atomic E-state index is 13.6. The Kier molecular flexibility index (Phi) is 3.78. The monoisotopic (exact) mass is 231 g/mol. The summed E-state index contributed by atoms with van der Waals surface area (Å²) in [7, 11) is 1.18. The minimum absolute atomic E-state index is 0.209. The van der Waals surface area contributed by atoms with Gasteiger partial charge in [-0.15, -0.1) is 0 Å². The fraction of sp³-hybridized carbons (Fsp3) is 0.300.